The van der Waals surface area contributed by atoms with Crippen LogP contribution in [0.1, 0.15) is 12.8 Å². The predicted molar refractivity (Wildman–Crippen MR) is 96.8 cm³/mol. The van der Waals surface area contributed by atoms with Crippen molar-refractivity contribution in [3.63, 3.8) is 0 Å². The highest BCUT2D eigenvalue weighted by Crippen LogP contribution is 2.26. The van der Waals surface area contributed by atoms with Crippen LogP contribution in [0.15, 0.2) is 29.2 Å². The van der Waals surface area contributed by atoms with E-state index in [1.807, 2.05) is 16.7 Å². The van der Waals surface area contributed by atoms with Crippen molar-refractivity contribution in [3.05, 3.63) is 29.3 Å². The molecule has 0 bridgehead atoms. The van der Waals surface area contributed by atoms with Crippen molar-refractivity contribution in [2.75, 3.05) is 37.7 Å². The van der Waals surface area contributed by atoms with Gasteiger partial charge in [0.25, 0.3) is 0 Å². The Labute approximate surface area is 152 Å². The number of carbonyl (C=O) groups excluding carboxylic acids is 1. The molecule has 0 unspecified atom stereocenters. The van der Waals surface area contributed by atoms with Crippen LogP contribution in [-0.4, -0.2) is 61.2 Å². The van der Waals surface area contributed by atoms with E-state index in [1.54, 1.807) is 12.1 Å². The normalized spacial score (nSPS) is 23.2. The maximum Gasteiger partial charge on any atom is 0.243 e. The lowest BCUT2D eigenvalue weighted by atomic mass is 9.98. The van der Waals surface area contributed by atoms with Crippen LogP contribution in [0, 0.1) is 5.92 Å². The smallest absolute Gasteiger partial charge is 0.243 e. The second-order valence-electron chi connectivity index (χ2n) is 6.09. The molecule has 0 spiro atoms. The molecule has 1 aromatic rings. The molecule has 2 aliphatic rings. The number of benzene rings is 1. The zero-order valence-electron chi connectivity index (χ0n) is 13.4. The fourth-order valence-corrected chi connectivity index (χ4v) is 5.71. The number of nitrogens with zero attached hydrogens (tertiary/aromatic N) is 2. The zero-order chi connectivity index (χ0) is 17.2. The van der Waals surface area contributed by atoms with E-state index in [1.165, 1.54) is 16.4 Å². The molecule has 5 nitrogen and oxygen atoms in total. The summed E-state index contributed by atoms with van der Waals surface area (Å²) < 4.78 is 27.0. The summed E-state index contributed by atoms with van der Waals surface area (Å²) >= 11 is 7.69. The summed E-state index contributed by atoms with van der Waals surface area (Å²) in [4.78, 5) is 14.8. The molecule has 3 rings (SSSR count). The number of amides is 1. The summed E-state index contributed by atoms with van der Waals surface area (Å²) in [6.07, 6.45) is 1.47. The van der Waals surface area contributed by atoms with E-state index in [0.717, 1.165) is 31.0 Å². The van der Waals surface area contributed by atoms with Gasteiger partial charge in [-0.05, 0) is 37.1 Å². The summed E-state index contributed by atoms with van der Waals surface area (Å²) in [6, 6.07) is 6.19. The van der Waals surface area contributed by atoms with Crippen molar-refractivity contribution in [1.82, 2.24) is 9.21 Å². The molecule has 0 N–H and O–H groups in total. The van der Waals surface area contributed by atoms with Crippen molar-refractivity contribution < 1.29 is 13.2 Å². The van der Waals surface area contributed by atoms with Crippen LogP contribution < -0.4 is 0 Å². The molecule has 2 aliphatic heterocycles. The molecule has 132 valence electrons. The summed E-state index contributed by atoms with van der Waals surface area (Å²) in [6.45, 7) is 2.27. The van der Waals surface area contributed by atoms with Gasteiger partial charge in [-0.15, -0.1) is 0 Å². The Bertz CT molecular complexity index is 688. The van der Waals surface area contributed by atoms with Crippen molar-refractivity contribution in [2.24, 2.45) is 5.92 Å². The van der Waals surface area contributed by atoms with E-state index in [0.29, 0.717) is 18.0 Å². The molecule has 0 saturated carbocycles. The van der Waals surface area contributed by atoms with Crippen molar-refractivity contribution in [1.29, 1.82) is 0 Å². The van der Waals surface area contributed by atoms with Gasteiger partial charge in [0.15, 0.2) is 0 Å². The van der Waals surface area contributed by atoms with Gasteiger partial charge in [-0.2, -0.15) is 16.1 Å². The van der Waals surface area contributed by atoms with Crippen molar-refractivity contribution in [3.8, 4) is 0 Å². The molecule has 1 atom stereocenters. The van der Waals surface area contributed by atoms with Crippen LogP contribution in [0.3, 0.4) is 0 Å². The fraction of sp³-hybridized carbons (Fsp3) is 0.562. The minimum Gasteiger partial charge on any atom is -0.341 e. The van der Waals surface area contributed by atoms with Gasteiger partial charge in [-0.3, -0.25) is 4.79 Å². The van der Waals surface area contributed by atoms with Gasteiger partial charge in [0, 0.05) is 42.7 Å². The van der Waals surface area contributed by atoms with Crippen molar-refractivity contribution in [2.45, 2.75) is 17.7 Å². The standard InChI is InChI=1S/C16H21ClN2O3S2/c17-14-3-5-15(6-4-14)24(21,22)19-7-1-2-13(12-19)16(20)18-8-10-23-11-9-18/h3-6,13H,1-2,7-12H2/t13-/m0/s1. The summed E-state index contributed by atoms with van der Waals surface area (Å²) in [5.74, 6) is 1.80. The molecule has 24 heavy (non-hydrogen) atoms. The first-order valence-corrected chi connectivity index (χ1v) is 11.1. The number of rotatable bonds is 3. The minimum absolute atomic E-state index is 0.103. The third-order valence-electron chi connectivity index (χ3n) is 4.51. The molecule has 1 amide bonds. The Hall–Kier alpha value is -0.760. The Morgan fingerprint density at radius 3 is 2.46 bits per heavy atom. The molecule has 2 saturated heterocycles. The average Bonchev–Trinajstić information content (AvgIpc) is 2.62. The molecule has 0 radical (unpaired) electrons. The van der Waals surface area contributed by atoms with Gasteiger partial charge in [-0.1, -0.05) is 11.6 Å². The van der Waals surface area contributed by atoms with Gasteiger partial charge < -0.3 is 4.90 Å². The van der Waals surface area contributed by atoms with Crippen LogP contribution >= 0.6 is 23.4 Å². The Kier molecular flexibility index (Phi) is 5.74. The van der Waals surface area contributed by atoms with Crippen LogP contribution in [0.5, 0.6) is 0 Å². The quantitative estimate of drug-likeness (QED) is 0.797. The topological polar surface area (TPSA) is 57.7 Å². The highest BCUT2D eigenvalue weighted by Gasteiger charge is 2.35. The molecular weight excluding hydrogens is 368 g/mol. The number of carbonyl (C=O) groups is 1. The molecular formula is C16H21ClN2O3S2. The van der Waals surface area contributed by atoms with E-state index >= 15 is 0 Å². The second-order valence-corrected chi connectivity index (χ2v) is 9.69. The first-order chi connectivity index (χ1) is 11.5. The lowest BCUT2D eigenvalue weighted by Gasteiger charge is -2.35. The fourth-order valence-electron chi connectivity index (χ4n) is 3.16. The van der Waals surface area contributed by atoms with E-state index < -0.39 is 10.0 Å². The van der Waals surface area contributed by atoms with Gasteiger partial charge >= 0.3 is 0 Å². The maximum atomic E-state index is 12.8. The molecule has 8 heteroatoms. The van der Waals surface area contributed by atoms with E-state index in [4.69, 9.17) is 11.6 Å². The van der Waals surface area contributed by atoms with Gasteiger partial charge in [-0.25, -0.2) is 8.42 Å². The largest absolute Gasteiger partial charge is 0.341 e. The van der Waals surface area contributed by atoms with E-state index in [-0.39, 0.29) is 23.3 Å². The molecule has 0 aromatic heterocycles. The number of sulfonamides is 1. The van der Waals surface area contributed by atoms with E-state index in [9.17, 15) is 13.2 Å². The van der Waals surface area contributed by atoms with Gasteiger partial charge in [0.05, 0.1) is 10.8 Å². The number of hydrogen-bond acceptors (Lipinski definition) is 4. The first-order valence-electron chi connectivity index (χ1n) is 8.11. The Balaban J connectivity index is 1.72. The van der Waals surface area contributed by atoms with E-state index in [2.05, 4.69) is 0 Å². The van der Waals surface area contributed by atoms with Gasteiger partial charge in [0.2, 0.25) is 15.9 Å². The molecule has 2 fully saturated rings. The van der Waals surface area contributed by atoms with Crippen molar-refractivity contribution >= 4 is 39.3 Å². The highest BCUT2D eigenvalue weighted by molar-refractivity contribution is 7.99. The lowest BCUT2D eigenvalue weighted by Crippen LogP contribution is -2.48. The Morgan fingerprint density at radius 2 is 1.79 bits per heavy atom. The number of piperidine rings is 1. The van der Waals surface area contributed by atoms with Crippen LogP contribution in [-0.2, 0) is 14.8 Å². The number of hydrogen-bond donors (Lipinski definition) is 0. The SMILES string of the molecule is O=C([C@H]1CCCN(S(=O)(=O)c2ccc(Cl)cc2)C1)N1CCSCC1. The highest BCUT2D eigenvalue weighted by atomic mass is 35.5. The predicted octanol–water partition coefficient (Wildman–Crippen LogP) is 2.32. The van der Waals surface area contributed by atoms with Gasteiger partial charge in [0.1, 0.15) is 0 Å². The molecule has 1 aromatic carbocycles. The third kappa shape index (κ3) is 3.90. The maximum absolute atomic E-state index is 12.8. The lowest BCUT2D eigenvalue weighted by molar-refractivity contribution is -0.136. The Morgan fingerprint density at radius 1 is 1.12 bits per heavy atom. The second kappa shape index (κ2) is 7.64. The van der Waals surface area contributed by atoms with Crippen LogP contribution in [0.4, 0.5) is 0 Å². The minimum atomic E-state index is -3.58. The third-order valence-corrected chi connectivity index (χ3v) is 7.58. The summed E-state index contributed by atoms with van der Waals surface area (Å²) in [5.41, 5.74) is 0. The zero-order valence-corrected chi connectivity index (χ0v) is 15.7. The monoisotopic (exact) mass is 388 g/mol. The number of thioether (sulfide) groups is 1. The summed E-state index contributed by atoms with van der Waals surface area (Å²) in [7, 11) is -3.58. The average molecular weight is 389 g/mol. The molecule has 2 heterocycles. The first kappa shape index (κ1) is 18.0. The summed E-state index contributed by atoms with van der Waals surface area (Å²) in [5, 5.41) is 0.503. The van der Waals surface area contributed by atoms with Crippen LogP contribution in [0.2, 0.25) is 5.02 Å². The molecule has 0 aliphatic carbocycles. The van der Waals surface area contributed by atoms with Crippen LogP contribution in [0.25, 0.3) is 0 Å². The number of halogens is 1.